The Balaban J connectivity index is 1.77. The predicted octanol–water partition coefficient (Wildman–Crippen LogP) is 6.05. The minimum absolute atomic E-state index is 0.595. The van der Waals surface area contributed by atoms with Crippen LogP contribution in [0.5, 0.6) is 0 Å². The highest BCUT2D eigenvalue weighted by Gasteiger charge is 2.31. The van der Waals surface area contributed by atoms with Gasteiger partial charge >= 0.3 is 0 Å². The third kappa shape index (κ3) is 3.99. The maximum absolute atomic E-state index is 3.75. The predicted molar refractivity (Wildman–Crippen MR) is 99.2 cm³/mol. The molecule has 0 aromatic heterocycles. The first-order chi connectivity index (χ1) is 10.6. The smallest absolute Gasteiger partial charge is 0.0474 e. The van der Waals surface area contributed by atoms with Crippen molar-refractivity contribution < 1.29 is 0 Å². The number of alkyl halides is 1. The van der Waals surface area contributed by atoms with Crippen LogP contribution in [0.15, 0.2) is 23.9 Å². The summed E-state index contributed by atoms with van der Waals surface area (Å²) in [5.74, 6) is 1.82. The van der Waals surface area contributed by atoms with Crippen LogP contribution < -0.4 is 0 Å². The van der Waals surface area contributed by atoms with Crippen LogP contribution in [-0.4, -0.2) is 21.8 Å². The third-order valence-electron chi connectivity index (χ3n) is 6.00. The molecule has 22 heavy (non-hydrogen) atoms. The highest BCUT2D eigenvalue weighted by atomic mass is 79.9. The number of rotatable bonds is 3. The Morgan fingerprint density at radius 2 is 1.68 bits per heavy atom. The van der Waals surface area contributed by atoms with E-state index in [2.05, 4.69) is 52.9 Å². The lowest BCUT2D eigenvalue weighted by atomic mass is 9.83. The Kier molecular flexibility index (Phi) is 5.70. The fourth-order valence-electron chi connectivity index (χ4n) is 4.43. The topological polar surface area (TPSA) is 3.24 Å². The van der Waals surface area contributed by atoms with Crippen molar-refractivity contribution in [3.05, 3.63) is 23.9 Å². The standard InChI is InChI=1S/C20H32BrN/c1-15-3-9-18(10-4-15)22(19-11-5-16(2)6-12-19)20-13-7-17(21)8-14-20/h7,9,13,15-17,19-20H,3-6,8,10-12,14H2,1-2H3. The third-order valence-corrected chi connectivity index (χ3v) is 6.76. The van der Waals surface area contributed by atoms with Gasteiger partial charge in [0.05, 0.1) is 0 Å². The molecule has 0 N–H and O–H groups in total. The van der Waals surface area contributed by atoms with Gasteiger partial charge in [-0.25, -0.2) is 0 Å². The second kappa shape index (κ2) is 7.55. The summed E-state index contributed by atoms with van der Waals surface area (Å²) in [4.78, 5) is 3.45. The van der Waals surface area contributed by atoms with Gasteiger partial charge in [-0.05, 0) is 69.6 Å². The van der Waals surface area contributed by atoms with Crippen molar-refractivity contribution in [2.75, 3.05) is 0 Å². The molecule has 0 saturated heterocycles. The Morgan fingerprint density at radius 3 is 2.27 bits per heavy atom. The van der Waals surface area contributed by atoms with E-state index in [1.165, 1.54) is 57.8 Å². The van der Waals surface area contributed by atoms with Crippen LogP contribution in [0.3, 0.4) is 0 Å². The Labute approximate surface area is 145 Å². The van der Waals surface area contributed by atoms with Crippen LogP contribution in [0.25, 0.3) is 0 Å². The summed E-state index contributed by atoms with van der Waals surface area (Å²) in [7, 11) is 0. The van der Waals surface area contributed by atoms with Crippen LogP contribution in [0, 0.1) is 11.8 Å². The Bertz CT molecular complexity index is 419. The zero-order chi connectivity index (χ0) is 15.5. The van der Waals surface area contributed by atoms with Gasteiger partial charge in [-0.15, -0.1) is 0 Å². The molecule has 0 aromatic rings. The first-order valence-corrected chi connectivity index (χ1v) is 10.3. The average molecular weight is 366 g/mol. The zero-order valence-electron chi connectivity index (χ0n) is 14.3. The minimum atomic E-state index is 0.595. The molecular weight excluding hydrogens is 334 g/mol. The summed E-state index contributed by atoms with van der Waals surface area (Å²) in [6.45, 7) is 4.83. The van der Waals surface area contributed by atoms with E-state index in [1.807, 2.05) is 0 Å². The van der Waals surface area contributed by atoms with Gasteiger partial charge in [0, 0.05) is 22.6 Å². The summed E-state index contributed by atoms with van der Waals surface area (Å²) >= 11 is 3.75. The highest BCUT2D eigenvalue weighted by Crippen LogP contribution is 2.37. The van der Waals surface area contributed by atoms with Crippen molar-refractivity contribution >= 4 is 15.9 Å². The number of halogens is 1. The number of nitrogens with zero attached hydrogens (tertiary/aromatic N) is 1. The molecule has 0 aliphatic heterocycles. The van der Waals surface area contributed by atoms with E-state index < -0.39 is 0 Å². The number of hydrogen-bond donors (Lipinski definition) is 0. The van der Waals surface area contributed by atoms with Gasteiger partial charge in [-0.1, -0.05) is 48.0 Å². The molecule has 124 valence electrons. The lowest BCUT2D eigenvalue weighted by molar-refractivity contribution is 0.134. The van der Waals surface area contributed by atoms with Gasteiger partial charge in [0.1, 0.15) is 0 Å². The molecule has 0 aromatic carbocycles. The van der Waals surface area contributed by atoms with Crippen molar-refractivity contribution in [2.45, 2.75) is 88.5 Å². The second-order valence-electron chi connectivity index (χ2n) is 7.94. The molecule has 1 saturated carbocycles. The molecule has 0 amide bonds. The summed E-state index contributed by atoms with van der Waals surface area (Å²) < 4.78 is 0. The molecule has 3 atom stereocenters. The molecule has 1 nitrogen and oxygen atoms in total. The van der Waals surface area contributed by atoms with Crippen LogP contribution in [-0.2, 0) is 0 Å². The molecule has 3 aliphatic carbocycles. The average Bonchev–Trinajstić information content (AvgIpc) is 2.53. The maximum atomic E-state index is 3.75. The lowest BCUT2D eigenvalue weighted by Crippen LogP contribution is -2.45. The highest BCUT2D eigenvalue weighted by molar-refractivity contribution is 9.09. The Hall–Kier alpha value is -0.240. The van der Waals surface area contributed by atoms with Crippen molar-refractivity contribution in [3.63, 3.8) is 0 Å². The van der Waals surface area contributed by atoms with Crippen molar-refractivity contribution in [1.29, 1.82) is 0 Å². The van der Waals surface area contributed by atoms with Crippen LogP contribution in [0.2, 0.25) is 0 Å². The summed E-state index contributed by atoms with van der Waals surface area (Å²) in [6, 6.07) is 1.43. The van der Waals surface area contributed by atoms with Crippen LogP contribution in [0.1, 0.15) is 71.6 Å². The molecule has 2 heteroatoms. The Morgan fingerprint density at radius 1 is 0.909 bits per heavy atom. The maximum Gasteiger partial charge on any atom is 0.0474 e. The van der Waals surface area contributed by atoms with E-state index in [0.29, 0.717) is 10.9 Å². The SMILES string of the molecule is CC1CC=C(N(C2C=CC(Br)CC2)C2CCC(C)CC2)CC1. The molecule has 0 spiro atoms. The minimum Gasteiger partial charge on any atom is -0.366 e. The van der Waals surface area contributed by atoms with E-state index in [9.17, 15) is 0 Å². The summed E-state index contributed by atoms with van der Waals surface area (Å²) in [5.41, 5.74) is 1.67. The van der Waals surface area contributed by atoms with Crippen molar-refractivity contribution in [2.24, 2.45) is 11.8 Å². The molecule has 3 unspecified atom stereocenters. The zero-order valence-corrected chi connectivity index (χ0v) is 15.9. The normalized spacial score (nSPS) is 39.4. The molecule has 0 bridgehead atoms. The van der Waals surface area contributed by atoms with E-state index in [1.54, 1.807) is 5.70 Å². The number of hydrogen-bond acceptors (Lipinski definition) is 1. The van der Waals surface area contributed by atoms with Gasteiger partial charge < -0.3 is 4.90 Å². The molecule has 1 fully saturated rings. The fraction of sp³-hybridized carbons (Fsp3) is 0.800. The quantitative estimate of drug-likeness (QED) is 0.434. The summed E-state index contributed by atoms with van der Waals surface area (Å²) in [6.07, 6.45) is 19.6. The number of allylic oxidation sites excluding steroid dienone is 3. The molecule has 3 rings (SSSR count). The largest absolute Gasteiger partial charge is 0.366 e. The first-order valence-electron chi connectivity index (χ1n) is 9.43. The van der Waals surface area contributed by atoms with Gasteiger partial charge in [-0.2, -0.15) is 0 Å². The van der Waals surface area contributed by atoms with E-state index in [-0.39, 0.29) is 0 Å². The molecule has 0 radical (unpaired) electrons. The summed E-state index contributed by atoms with van der Waals surface area (Å²) in [5, 5.41) is 0. The van der Waals surface area contributed by atoms with E-state index >= 15 is 0 Å². The van der Waals surface area contributed by atoms with Gasteiger partial charge in [0.25, 0.3) is 0 Å². The van der Waals surface area contributed by atoms with E-state index in [0.717, 1.165) is 17.9 Å². The molecular formula is C20H32BrN. The monoisotopic (exact) mass is 365 g/mol. The van der Waals surface area contributed by atoms with Crippen LogP contribution in [0.4, 0.5) is 0 Å². The lowest BCUT2D eigenvalue weighted by Gasteiger charge is -2.45. The van der Waals surface area contributed by atoms with Crippen molar-refractivity contribution in [3.8, 4) is 0 Å². The van der Waals surface area contributed by atoms with Crippen molar-refractivity contribution in [1.82, 2.24) is 4.90 Å². The second-order valence-corrected chi connectivity index (χ2v) is 9.12. The van der Waals surface area contributed by atoms with Gasteiger partial charge in [0.2, 0.25) is 0 Å². The van der Waals surface area contributed by atoms with Gasteiger partial charge in [-0.3, -0.25) is 0 Å². The first kappa shape index (κ1) is 16.6. The van der Waals surface area contributed by atoms with E-state index in [4.69, 9.17) is 0 Å². The van der Waals surface area contributed by atoms with Crippen LogP contribution >= 0.6 is 15.9 Å². The fourth-order valence-corrected chi connectivity index (χ4v) is 4.87. The molecule has 3 aliphatic rings. The van der Waals surface area contributed by atoms with Gasteiger partial charge in [0.15, 0.2) is 0 Å². The molecule has 0 heterocycles.